The number of carbonyl (C=O) groups excluding carboxylic acids is 2. The van der Waals surface area contributed by atoms with E-state index < -0.39 is 18.1 Å². The fourth-order valence-corrected chi connectivity index (χ4v) is 5.14. The Morgan fingerprint density at radius 1 is 0.971 bits per heavy atom. The Kier molecular flexibility index (Phi) is 7.35. The molecular weight excluding hydrogens is 450 g/mol. The van der Waals surface area contributed by atoms with Crippen molar-refractivity contribution in [3.05, 3.63) is 94.5 Å². The van der Waals surface area contributed by atoms with E-state index in [0.717, 1.165) is 22.3 Å². The molecular formula is C28H28ClNO4. The Balaban J connectivity index is 1.74. The summed E-state index contributed by atoms with van der Waals surface area (Å²) in [5.74, 6) is -0.792. The molecule has 6 heteroatoms. The largest absolute Gasteiger partial charge is 0.467 e. The van der Waals surface area contributed by atoms with Gasteiger partial charge in [0.05, 0.1) is 19.8 Å². The Morgan fingerprint density at radius 2 is 1.65 bits per heavy atom. The lowest BCUT2D eigenvalue weighted by atomic mass is 9.93. The Hall–Kier alpha value is -3.15. The molecule has 34 heavy (non-hydrogen) atoms. The van der Waals surface area contributed by atoms with Crippen molar-refractivity contribution < 1.29 is 19.1 Å². The summed E-state index contributed by atoms with van der Waals surface area (Å²) in [6.07, 6.45) is 0.434. The quantitative estimate of drug-likeness (QED) is 0.427. The number of esters is 1. The lowest BCUT2D eigenvalue weighted by molar-refractivity contribution is -0.145. The number of ether oxygens (including phenoxy) is 2. The van der Waals surface area contributed by atoms with Crippen molar-refractivity contribution in [3.8, 4) is 11.1 Å². The van der Waals surface area contributed by atoms with E-state index in [4.69, 9.17) is 21.1 Å². The molecule has 0 N–H and O–H groups in total. The molecule has 176 valence electrons. The number of rotatable bonds is 6. The summed E-state index contributed by atoms with van der Waals surface area (Å²) in [5, 5.41) is 0.548. The van der Waals surface area contributed by atoms with Crippen molar-refractivity contribution in [2.75, 3.05) is 20.8 Å². The standard InChI is InChI=1S/C28H28ClNO4/c1-18-8-4-5-9-22(18)19-12-14-20(15-13-19)27(31)30-25(28(32)34-3)16-21(17-33-2)26(30)23-10-6-7-11-24(23)29/h4-15,21,25-26H,16-17H2,1-3H3/t21-,25+,26-/m1/s1. The average Bonchev–Trinajstić information content (AvgIpc) is 3.23. The summed E-state index contributed by atoms with van der Waals surface area (Å²) in [4.78, 5) is 28.3. The van der Waals surface area contributed by atoms with Crippen LogP contribution in [0.1, 0.15) is 33.9 Å². The summed E-state index contributed by atoms with van der Waals surface area (Å²) >= 11 is 6.56. The first-order valence-corrected chi connectivity index (χ1v) is 11.6. The van der Waals surface area contributed by atoms with E-state index >= 15 is 0 Å². The van der Waals surface area contributed by atoms with Crippen molar-refractivity contribution in [2.24, 2.45) is 5.92 Å². The number of halogens is 1. The minimum absolute atomic E-state index is 0.107. The van der Waals surface area contributed by atoms with E-state index in [9.17, 15) is 9.59 Å². The molecule has 4 rings (SSSR count). The van der Waals surface area contributed by atoms with Crippen LogP contribution in [-0.4, -0.2) is 43.6 Å². The molecule has 5 nitrogen and oxygen atoms in total. The summed E-state index contributed by atoms with van der Waals surface area (Å²) in [5.41, 5.74) is 4.60. The fraction of sp³-hybridized carbons (Fsp3) is 0.286. The van der Waals surface area contributed by atoms with Gasteiger partial charge in [-0.1, -0.05) is 66.2 Å². The molecule has 0 saturated carbocycles. The Labute approximate surface area is 205 Å². The molecule has 1 aliphatic rings. The predicted molar refractivity (Wildman–Crippen MR) is 133 cm³/mol. The van der Waals surface area contributed by atoms with Crippen molar-refractivity contribution in [3.63, 3.8) is 0 Å². The van der Waals surface area contributed by atoms with Crippen LogP contribution in [0.3, 0.4) is 0 Å². The average molecular weight is 478 g/mol. The molecule has 3 atom stereocenters. The summed E-state index contributed by atoms with van der Waals surface area (Å²) in [6, 6.07) is 21.9. The molecule has 1 aliphatic heterocycles. The Morgan fingerprint density at radius 3 is 2.29 bits per heavy atom. The number of methoxy groups -OCH3 is 2. The third-order valence-electron chi connectivity index (χ3n) is 6.51. The molecule has 1 fully saturated rings. The molecule has 0 radical (unpaired) electrons. The number of hydrogen-bond donors (Lipinski definition) is 0. The molecule has 3 aromatic carbocycles. The van der Waals surface area contributed by atoms with E-state index in [0.29, 0.717) is 23.6 Å². The first-order chi connectivity index (χ1) is 16.5. The molecule has 3 aromatic rings. The minimum Gasteiger partial charge on any atom is -0.467 e. The van der Waals surface area contributed by atoms with E-state index in [1.54, 1.807) is 18.1 Å². The Bertz CT molecular complexity index is 1180. The number of amides is 1. The molecule has 1 heterocycles. The van der Waals surface area contributed by atoms with Crippen LogP contribution >= 0.6 is 11.6 Å². The molecule has 0 spiro atoms. The molecule has 1 amide bonds. The van der Waals surface area contributed by atoms with Gasteiger partial charge in [-0.15, -0.1) is 0 Å². The third kappa shape index (κ3) is 4.59. The maximum absolute atomic E-state index is 13.9. The van der Waals surface area contributed by atoms with Crippen LogP contribution in [0.25, 0.3) is 11.1 Å². The van der Waals surface area contributed by atoms with Gasteiger partial charge in [0.25, 0.3) is 5.91 Å². The van der Waals surface area contributed by atoms with Gasteiger partial charge >= 0.3 is 5.97 Å². The maximum Gasteiger partial charge on any atom is 0.328 e. The minimum atomic E-state index is -0.727. The van der Waals surface area contributed by atoms with Crippen molar-refractivity contribution in [1.29, 1.82) is 0 Å². The summed E-state index contributed by atoms with van der Waals surface area (Å²) < 4.78 is 10.5. The number of benzene rings is 3. The first kappa shape index (κ1) is 24.0. The van der Waals surface area contributed by atoms with E-state index in [1.165, 1.54) is 7.11 Å². The van der Waals surface area contributed by atoms with Gasteiger partial charge in [-0.05, 0) is 53.8 Å². The van der Waals surface area contributed by atoms with E-state index in [1.807, 2.05) is 54.6 Å². The van der Waals surface area contributed by atoms with Crippen molar-refractivity contribution in [2.45, 2.75) is 25.4 Å². The van der Waals surface area contributed by atoms with Gasteiger partial charge in [0.2, 0.25) is 0 Å². The topological polar surface area (TPSA) is 55.8 Å². The highest BCUT2D eigenvalue weighted by molar-refractivity contribution is 6.31. The second-order valence-corrected chi connectivity index (χ2v) is 8.97. The molecule has 0 bridgehead atoms. The lowest BCUT2D eigenvalue weighted by Crippen LogP contribution is -2.42. The SMILES string of the molecule is COC[C@H]1C[C@@H](C(=O)OC)N(C(=O)c2ccc(-c3ccccc3C)cc2)[C@H]1c1ccccc1Cl. The van der Waals surface area contributed by atoms with Crippen molar-refractivity contribution in [1.82, 2.24) is 4.90 Å². The highest BCUT2D eigenvalue weighted by Crippen LogP contribution is 2.44. The molecule has 0 aliphatic carbocycles. The second kappa shape index (κ2) is 10.4. The van der Waals surface area contributed by atoms with Gasteiger partial charge in [-0.25, -0.2) is 4.79 Å². The second-order valence-electron chi connectivity index (χ2n) is 8.56. The first-order valence-electron chi connectivity index (χ1n) is 11.3. The van der Waals surface area contributed by atoms with E-state index in [2.05, 4.69) is 19.1 Å². The fourth-order valence-electron chi connectivity index (χ4n) is 4.89. The number of hydrogen-bond acceptors (Lipinski definition) is 4. The zero-order valence-electron chi connectivity index (χ0n) is 19.5. The van der Waals surface area contributed by atoms with E-state index in [-0.39, 0.29) is 11.8 Å². The van der Waals surface area contributed by atoms with Gasteiger partial charge in [0.15, 0.2) is 0 Å². The third-order valence-corrected chi connectivity index (χ3v) is 6.85. The highest BCUT2D eigenvalue weighted by atomic mass is 35.5. The highest BCUT2D eigenvalue weighted by Gasteiger charge is 2.48. The zero-order chi connectivity index (χ0) is 24.2. The zero-order valence-corrected chi connectivity index (χ0v) is 20.3. The lowest BCUT2D eigenvalue weighted by Gasteiger charge is -2.31. The number of carbonyl (C=O) groups is 2. The van der Waals surface area contributed by atoms with Gasteiger partial charge in [0, 0.05) is 23.6 Å². The number of likely N-dealkylation sites (tertiary alicyclic amines) is 1. The smallest absolute Gasteiger partial charge is 0.328 e. The van der Waals surface area contributed by atoms with Gasteiger partial charge in [-0.3, -0.25) is 4.79 Å². The van der Waals surface area contributed by atoms with Crippen LogP contribution in [0.4, 0.5) is 0 Å². The van der Waals surface area contributed by atoms with Crippen LogP contribution < -0.4 is 0 Å². The monoisotopic (exact) mass is 477 g/mol. The molecule has 0 unspecified atom stereocenters. The van der Waals surface area contributed by atoms with Gasteiger partial charge < -0.3 is 14.4 Å². The normalized spacial score (nSPS) is 19.8. The van der Waals surface area contributed by atoms with Crippen LogP contribution in [0.15, 0.2) is 72.8 Å². The van der Waals surface area contributed by atoms with Crippen LogP contribution in [0, 0.1) is 12.8 Å². The van der Waals surface area contributed by atoms with Crippen LogP contribution in [-0.2, 0) is 14.3 Å². The molecule has 1 saturated heterocycles. The van der Waals surface area contributed by atoms with Crippen molar-refractivity contribution >= 4 is 23.5 Å². The summed E-state index contributed by atoms with van der Waals surface area (Å²) in [6.45, 7) is 2.45. The van der Waals surface area contributed by atoms with Gasteiger partial charge in [-0.2, -0.15) is 0 Å². The maximum atomic E-state index is 13.9. The van der Waals surface area contributed by atoms with Gasteiger partial charge in [0.1, 0.15) is 6.04 Å². The van der Waals surface area contributed by atoms with Crippen LogP contribution in [0.5, 0.6) is 0 Å². The summed E-state index contributed by atoms with van der Waals surface area (Å²) in [7, 11) is 2.96. The predicted octanol–water partition coefficient (Wildman–Crippen LogP) is 5.71. The number of aryl methyl sites for hydroxylation is 1. The molecule has 0 aromatic heterocycles. The van der Waals surface area contributed by atoms with Crippen LogP contribution in [0.2, 0.25) is 5.02 Å². The number of nitrogens with zero attached hydrogens (tertiary/aromatic N) is 1.